The number of hydrogen-bond acceptors (Lipinski definition) is 2. The first-order valence-electron chi connectivity index (χ1n) is 4.17. The molecule has 0 atom stereocenters. The van der Waals surface area contributed by atoms with Crippen LogP contribution in [0.2, 0.25) is 0 Å². The number of ether oxygens (including phenoxy) is 1. The number of rotatable bonds is 3. The van der Waals surface area contributed by atoms with Gasteiger partial charge in [0.15, 0.2) is 5.90 Å². The Hall–Kier alpha value is -1.38. The first-order chi connectivity index (χ1) is 6.24. The van der Waals surface area contributed by atoms with Gasteiger partial charge in [-0.05, 0) is 18.6 Å². The molecule has 0 aromatic heterocycles. The first-order valence-corrected chi connectivity index (χ1v) is 4.17. The Morgan fingerprint density at radius 1 is 1.46 bits per heavy atom. The Morgan fingerprint density at radius 3 is 2.77 bits per heavy atom. The van der Waals surface area contributed by atoms with E-state index in [1.54, 1.807) is 25.1 Å². The number of halogens is 1. The fraction of sp³-hybridized carbons (Fsp3) is 0.300. The van der Waals surface area contributed by atoms with E-state index in [1.165, 1.54) is 6.07 Å². The summed E-state index contributed by atoms with van der Waals surface area (Å²) in [6.45, 7) is 2.25. The Morgan fingerprint density at radius 2 is 2.15 bits per heavy atom. The molecule has 0 aliphatic heterocycles. The number of benzene rings is 1. The molecule has 1 rings (SSSR count). The highest BCUT2D eigenvalue weighted by molar-refractivity contribution is 5.75. The second-order valence-electron chi connectivity index (χ2n) is 2.62. The van der Waals surface area contributed by atoms with E-state index in [-0.39, 0.29) is 18.1 Å². The first kappa shape index (κ1) is 9.71. The van der Waals surface area contributed by atoms with Gasteiger partial charge in [0.1, 0.15) is 5.82 Å². The van der Waals surface area contributed by atoms with Gasteiger partial charge in [0.25, 0.3) is 0 Å². The SMILES string of the molecule is CCOC(=N)Cc1ccccc1F. The predicted molar refractivity (Wildman–Crippen MR) is 49.5 cm³/mol. The van der Waals surface area contributed by atoms with Crippen LogP contribution in [0.3, 0.4) is 0 Å². The van der Waals surface area contributed by atoms with E-state index in [1.807, 2.05) is 0 Å². The molecule has 1 N–H and O–H groups in total. The van der Waals surface area contributed by atoms with Crippen molar-refractivity contribution in [2.75, 3.05) is 6.61 Å². The molecule has 13 heavy (non-hydrogen) atoms. The molecule has 0 spiro atoms. The van der Waals surface area contributed by atoms with E-state index < -0.39 is 0 Å². The van der Waals surface area contributed by atoms with Crippen LogP contribution in [0.4, 0.5) is 4.39 Å². The third-order valence-electron chi connectivity index (χ3n) is 1.63. The third-order valence-corrected chi connectivity index (χ3v) is 1.63. The van der Waals surface area contributed by atoms with Gasteiger partial charge in [0.05, 0.1) is 13.0 Å². The zero-order valence-corrected chi connectivity index (χ0v) is 7.51. The van der Waals surface area contributed by atoms with Crippen LogP contribution in [0.15, 0.2) is 24.3 Å². The summed E-state index contributed by atoms with van der Waals surface area (Å²) in [4.78, 5) is 0. The van der Waals surface area contributed by atoms with E-state index in [0.717, 1.165) is 0 Å². The summed E-state index contributed by atoms with van der Waals surface area (Å²) in [7, 11) is 0. The standard InChI is InChI=1S/C10H12FNO/c1-2-13-10(12)7-8-5-3-4-6-9(8)11/h3-6,12H,2,7H2,1H3. The van der Waals surface area contributed by atoms with Crippen LogP contribution in [0.5, 0.6) is 0 Å². The molecule has 0 radical (unpaired) electrons. The summed E-state index contributed by atoms with van der Waals surface area (Å²) in [5.74, 6) is -0.181. The van der Waals surface area contributed by atoms with Crippen molar-refractivity contribution in [3.05, 3.63) is 35.6 Å². The molecule has 0 aliphatic carbocycles. The van der Waals surface area contributed by atoms with Crippen molar-refractivity contribution in [3.63, 3.8) is 0 Å². The van der Waals surface area contributed by atoms with E-state index in [0.29, 0.717) is 12.2 Å². The van der Waals surface area contributed by atoms with Crippen LogP contribution in [0, 0.1) is 11.2 Å². The lowest BCUT2D eigenvalue weighted by Crippen LogP contribution is -2.07. The molecule has 1 aromatic carbocycles. The summed E-state index contributed by atoms with van der Waals surface area (Å²) in [6.07, 6.45) is 0.223. The average molecular weight is 181 g/mol. The Balaban J connectivity index is 2.63. The summed E-state index contributed by atoms with van der Waals surface area (Å²) >= 11 is 0. The molecule has 0 saturated heterocycles. The van der Waals surface area contributed by atoms with Gasteiger partial charge >= 0.3 is 0 Å². The zero-order chi connectivity index (χ0) is 9.68. The Kier molecular flexibility index (Phi) is 3.43. The fourth-order valence-electron chi connectivity index (χ4n) is 1.04. The number of hydrogen-bond donors (Lipinski definition) is 1. The lowest BCUT2D eigenvalue weighted by Gasteiger charge is -2.05. The Bertz CT molecular complexity index is 299. The van der Waals surface area contributed by atoms with E-state index in [2.05, 4.69) is 0 Å². The summed E-state index contributed by atoms with van der Waals surface area (Å²) in [5.41, 5.74) is 0.501. The van der Waals surface area contributed by atoms with Crippen molar-refractivity contribution >= 4 is 5.90 Å². The fourth-order valence-corrected chi connectivity index (χ4v) is 1.04. The third kappa shape index (κ3) is 2.86. The highest BCUT2D eigenvalue weighted by Crippen LogP contribution is 2.07. The molecule has 0 unspecified atom stereocenters. The summed E-state index contributed by atoms with van der Waals surface area (Å²) in [5, 5.41) is 7.33. The minimum Gasteiger partial charge on any atom is -0.481 e. The van der Waals surface area contributed by atoms with Crippen molar-refractivity contribution in [2.24, 2.45) is 0 Å². The number of nitrogens with one attached hydrogen (secondary N) is 1. The van der Waals surface area contributed by atoms with Crippen LogP contribution in [0.25, 0.3) is 0 Å². The molecule has 0 bridgehead atoms. The van der Waals surface area contributed by atoms with Crippen LogP contribution in [0.1, 0.15) is 12.5 Å². The molecule has 2 nitrogen and oxygen atoms in total. The maximum atomic E-state index is 13.0. The largest absolute Gasteiger partial charge is 0.481 e. The van der Waals surface area contributed by atoms with Gasteiger partial charge in [0.2, 0.25) is 0 Å². The van der Waals surface area contributed by atoms with Gasteiger partial charge < -0.3 is 4.74 Å². The maximum Gasteiger partial charge on any atom is 0.184 e. The van der Waals surface area contributed by atoms with Crippen molar-refractivity contribution in [3.8, 4) is 0 Å². The zero-order valence-electron chi connectivity index (χ0n) is 7.51. The summed E-state index contributed by atoms with van der Waals surface area (Å²) in [6, 6.07) is 6.41. The van der Waals surface area contributed by atoms with Gasteiger partial charge in [-0.3, -0.25) is 5.41 Å². The van der Waals surface area contributed by atoms with Crippen LogP contribution < -0.4 is 0 Å². The monoisotopic (exact) mass is 181 g/mol. The molecule has 0 heterocycles. The van der Waals surface area contributed by atoms with Crippen molar-refractivity contribution < 1.29 is 9.13 Å². The molecule has 1 aromatic rings. The highest BCUT2D eigenvalue weighted by atomic mass is 19.1. The summed E-state index contributed by atoms with van der Waals surface area (Å²) < 4.78 is 18.0. The highest BCUT2D eigenvalue weighted by Gasteiger charge is 2.04. The van der Waals surface area contributed by atoms with E-state index in [4.69, 9.17) is 10.1 Å². The second-order valence-corrected chi connectivity index (χ2v) is 2.62. The maximum absolute atomic E-state index is 13.0. The van der Waals surface area contributed by atoms with Crippen LogP contribution in [-0.4, -0.2) is 12.5 Å². The Labute approximate surface area is 76.9 Å². The minimum absolute atomic E-state index is 0.104. The molecule has 0 aliphatic rings. The topological polar surface area (TPSA) is 33.1 Å². The second kappa shape index (κ2) is 4.60. The molecular weight excluding hydrogens is 169 g/mol. The normalized spacial score (nSPS) is 9.69. The molecule has 0 amide bonds. The molecule has 70 valence electrons. The minimum atomic E-state index is -0.285. The molecule has 0 saturated carbocycles. The van der Waals surface area contributed by atoms with Gasteiger partial charge in [-0.2, -0.15) is 0 Å². The predicted octanol–water partition coefficient (Wildman–Crippen LogP) is 2.38. The lowest BCUT2D eigenvalue weighted by molar-refractivity contribution is 0.316. The molecule has 3 heteroatoms. The van der Waals surface area contributed by atoms with Crippen molar-refractivity contribution in [1.29, 1.82) is 5.41 Å². The van der Waals surface area contributed by atoms with Crippen molar-refractivity contribution in [2.45, 2.75) is 13.3 Å². The average Bonchev–Trinajstić information content (AvgIpc) is 2.09. The van der Waals surface area contributed by atoms with Crippen molar-refractivity contribution in [1.82, 2.24) is 0 Å². The van der Waals surface area contributed by atoms with Gasteiger partial charge in [-0.15, -0.1) is 0 Å². The quantitative estimate of drug-likeness (QED) is 0.563. The molecular formula is C10H12FNO. The van der Waals surface area contributed by atoms with E-state index in [9.17, 15) is 4.39 Å². The smallest absolute Gasteiger partial charge is 0.184 e. The van der Waals surface area contributed by atoms with E-state index >= 15 is 0 Å². The van der Waals surface area contributed by atoms with Gasteiger partial charge in [-0.25, -0.2) is 4.39 Å². The van der Waals surface area contributed by atoms with Gasteiger partial charge in [-0.1, -0.05) is 18.2 Å². The van der Waals surface area contributed by atoms with Crippen LogP contribution >= 0.6 is 0 Å². The molecule has 0 fully saturated rings. The van der Waals surface area contributed by atoms with Gasteiger partial charge in [0, 0.05) is 0 Å². The van der Waals surface area contributed by atoms with Crippen LogP contribution in [-0.2, 0) is 11.2 Å². The lowest BCUT2D eigenvalue weighted by atomic mass is 10.1.